The summed E-state index contributed by atoms with van der Waals surface area (Å²) in [6.07, 6.45) is 5.46. The van der Waals surface area contributed by atoms with Crippen molar-refractivity contribution >= 4 is 0 Å². The third kappa shape index (κ3) is 4.71. The summed E-state index contributed by atoms with van der Waals surface area (Å²) in [6.45, 7) is 14.2. The molecule has 1 aliphatic heterocycles. The molecule has 17 heavy (non-hydrogen) atoms. The summed E-state index contributed by atoms with van der Waals surface area (Å²) in [4.78, 5) is 0. The molecule has 2 nitrogen and oxygen atoms in total. The predicted octanol–water partition coefficient (Wildman–Crippen LogP) is 3.87. The lowest BCUT2D eigenvalue weighted by atomic mass is 9.76. The van der Waals surface area contributed by atoms with Crippen molar-refractivity contribution in [2.75, 3.05) is 6.61 Å². The summed E-state index contributed by atoms with van der Waals surface area (Å²) in [5.41, 5.74) is 0.441. The number of allylic oxidation sites excluding steroid dienone is 2. The van der Waals surface area contributed by atoms with Gasteiger partial charge in [-0.25, -0.2) is 0 Å². The molecule has 0 saturated carbocycles. The summed E-state index contributed by atoms with van der Waals surface area (Å²) in [5.74, 6) is 1.78. The van der Waals surface area contributed by atoms with Crippen molar-refractivity contribution in [1.29, 1.82) is 0 Å². The average Bonchev–Trinajstić information content (AvgIpc) is 2.14. The summed E-state index contributed by atoms with van der Waals surface area (Å²) >= 11 is 0. The maximum atomic E-state index is 5.90. The van der Waals surface area contributed by atoms with Crippen LogP contribution in [0.5, 0.6) is 0 Å². The zero-order valence-electron chi connectivity index (χ0n) is 12.4. The van der Waals surface area contributed by atoms with Gasteiger partial charge in [-0.3, -0.25) is 0 Å². The molecule has 0 atom stereocenters. The highest BCUT2D eigenvalue weighted by Gasteiger charge is 2.37. The normalized spacial score (nSPS) is 24.7. The number of hydrogen-bond acceptors (Lipinski definition) is 2. The Bertz CT molecular complexity index is 263. The van der Waals surface area contributed by atoms with Gasteiger partial charge in [0.05, 0.1) is 12.4 Å². The van der Waals surface area contributed by atoms with E-state index in [-0.39, 0.29) is 11.1 Å². The molecule has 0 bridgehead atoms. The van der Waals surface area contributed by atoms with Gasteiger partial charge >= 0.3 is 0 Å². The molecule has 0 aliphatic carbocycles. The zero-order valence-corrected chi connectivity index (χ0v) is 12.4. The SMILES string of the molecule is CC=C(CC)OCC1CC(C)(C)NC(C)(C)C1. The van der Waals surface area contributed by atoms with Gasteiger partial charge in [0.15, 0.2) is 0 Å². The first-order valence-corrected chi connectivity index (χ1v) is 6.85. The molecule has 0 amide bonds. The molecule has 0 radical (unpaired) electrons. The van der Waals surface area contributed by atoms with Gasteiger partial charge in [-0.15, -0.1) is 0 Å². The molecule has 0 aromatic heterocycles. The third-order valence-corrected chi connectivity index (χ3v) is 3.45. The smallest absolute Gasteiger partial charge is 0.0914 e. The van der Waals surface area contributed by atoms with Crippen LogP contribution >= 0.6 is 0 Å². The van der Waals surface area contributed by atoms with E-state index in [9.17, 15) is 0 Å². The maximum absolute atomic E-state index is 5.90. The second-order valence-corrected chi connectivity index (χ2v) is 6.59. The first kappa shape index (κ1) is 14.6. The minimum Gasteiger partial charge on any atom is -0.498 e. The van der Waals surface area contributed by atoms with Crippen LogP contribution in [0.15, 0.2) is 11.8 Å². The Labute approximate surface area is 107 Å². The summed E-state index contributed by atoms with van der Waals surface area (Å²) in [7, 11) is 0. The van der Waals surface area contributed by atoms with E-state index < -0.39 is 0 Å². The van der Waals surface area contributed by atoms with E-state index in [1.165, 1.54) is 12.8 Å². The Morgan fingerprint density at radius 3 is 2.18 bits per heavy atom. The molecule has 0 unspecified atom stereocenters. The first-order valence-electron chi connectivity index (χ1n) is 6.85. The molecular formula is C15H29NO. The van der Waals surface area contributed by atoms with Crippen molar-refractivity contribution in [1.82, 2.24) is 5.32 Å². The molecule has 1 heterocycles. The number of ether oxygens (including phenoxy) is 1. The largest absolute Gasteiger partial charge is 0.498 e. The van der Waals surface area contributed by atoms with Gasteiger partial charge in [-0.2, -0.15) is 0 Å². The summed E-state index contributed by atoms with van der Waals surface area (Å²) in [6, 6.07) is 0. The lowest BCUT2D eigenvalue weighted by molar-refractivity contribution is 0.0671. The number of piperidine rings is 1. The third-order valence-electron chi connectivity index (χ3n) is 3.45. The molecule has 1 N–H and O–H groups in total. The van der Waals surface area contributed by atoms with Crippen LogP contribution in [0.25, 0.3) is 0 Å². The minimum atomic E-state index is 0.220. The van der Waals surface area contributed by atoms with E-state index in [1.54, 1.807) is 0 Å². The van der Waals surface area contributed by atoms with Crippen molar-refractivity contribution < 1.29 is 4.74 Å². The Hall–Kier alpha value is -0.500. The van der Waals surface area contributed by atoms with Crippen molar-refractivity contribution in [2.45, 2.75) is 71.9 Å². The molecule has 1 aliphatic rings. The van der Waals surface area contributed by atoms with Gasteiger partial charge < -0.3 is 10.1 Å². The Balaban J connectivity index is 2.54. The molecule has 0 aromatic rings. The standard InChI is InChI=1S/C15H29NO/c1-7-13(8-2)17-11-12-9-14(3,4)16-15(5,6)10-12/h7,12,16H,8-11H2,1-6H3. The topological polar surface area (TPSA) is 21.3 Å². The first-order chi connectivity index (χ1) is 7.78. The van der Waals surface area contributed by atoms with Gasteiger partial charge in [0, 0.05) is 17.5 Å². The van der Waals surface area contributed by atoms with E-state index in [0.717, 1.165) is 18.8 Å². The van der Waals surface area contributed by atoms with Gasteiger partial charge in [0.25, 0.3) is 0 Å². The van der Waals surface area contributed by atoms with Crippen LogP contribution in [0.4, 0.5) is 0 Å². The van der Waals surface area contributed by atoms with Crippen LogP contribution in [0.1, 0.15) is 60.8 Å². The minimum absolute atomic E-state index is 0.220. The fourth-order valence-corrected chi connectivity index (χ4v) is 3.27. The molecular weight excluding hydrogens is 210 g/mol. The van der Waals surface area contributed by atoms with Crippen molar-refractivity contribution in [3.05, 3.63) is 11.8 Å². The van der Waals surface area contributed by atoms with Crippen LogP contribution in [0, 0.1) is 5.92 Å². The van der Waals surface area contributed by atoms with Gasteiger partial charge in [-0.05, 0) is 59.5 Å². The van der Waals surface area contributed by atoms with Gasteiger partial charge in [-0.1, -0.05) is 6.92 Å². The fraction of sp³-hybridized carbons (Fsp3) is 0.867. The van der Waals surface area contributed by atoms with Crippen molar-refractivity contribution in [2.24, 2.45) is 5.92 Å². The molecule has 2 heteroatoms. The van der Waals surface area contributed by atoms with E-state index in [1.807, 2.05) is 0 Å². The highest BCUT2D eigenvalue weighted by atomic mass is 16.5. The quantitative estimate of drug-likeness (QED) is 0.752. The molecule has 0 spiro atoms. The number of hydrogen-bond donors (Lipinski definition) is 1. The summed E-state index contributed by atoms with van der Waals surface area (Å²) < 4.78 is 5.90. The van der Waals surface area contributed by atoms with Crippen LogP contribution in [0.2, 0.25) is 0 Å². The van der Waals surface area contributed by atoms with Crippen LogP contribution in [-0.2, 0) is 4.74 Å². The monoisotopic (exact) mass is 239 g/mol. The molecule has 1 saturated heterocycles. The number of nitrogens with one attached hydrogen (secondary N) is 1. The number of rotatable bonds is 4. The second-order valence-electron chi connectivity index (χ2n) is 6.59. The Morgan fingerprint density at radius 1 is 1.24 bits per heavy atom. The highest BCUT2D eigenvalue weighted by molar-refractivity contribution is 4.97. The summed E-state index contributed by atoms with van der Waals surface area (Å²) in [5, 5.41) is 3.71. The average molecular weight is 239 g/mol. The van der Waals surface area contributed by atoms with E-state index in [0.29, 0.717) is 5.92 Å². The fourth-order valence-electron chi connectivity index (χ4n) is 3.27. The molecule has 1 rings (SSSR count). The molecule has 100 valence electrons. The molecule has 1 fully saturated rings. The zero-order chi connectivity index (χ0) is 13.1. The lowest BCUT2D eigenvalue weighted by Crippen LogP contribution is -2.58. The molecule has 0 aromatic carbocycles. The van der Waals surface area contributed by atoms with E-state index in [4.69, 9.17) is 4.74 Å². The van der Waals surface area contributed by atoms with Crippen molar-refractivity contribution in [3.63, 3.8) is 0 Å². The van der Waals surface area contributed by atoms with Crippen molar-refractivity contribution in [3.8, 4) is 0 Å². The highest BCUT2D eigenvalue weighted by Crippen LogP contribution is 2.33. The van der Waals surface area contributed by atoms with E-state index >= 15 is 0 Å². The van der Waals surface area contributed by atoms with Crippen LogP contribution < -0.4 is 5.32 Å². The van der Waals surface area contributed by atoms with Gasteiger partial charge in [0.2, 0.25) is 0 Å². The lowest BCUT2D eigenvalue weighted by Gasteiger charge is -2.46. The van der Waals surface area contributed by atoms with Crippen LogP contribution in [0.3, 0.4) is 0 Å². The second kappa shape index (κ2) is 5.43. The Kier molecular flexibility index (Phi) is 4.65. The van der Waals surface area contributed by atoms with Gasteiger partial charge in [0.1, 0.15) is 0 Å². The predicted molar refractivity (Wildman–Crippen MR) is 74.0 cm³/mol. The Morgan fingerprint density at radius 2 is 1.76 bits per heavy atom. The van der Waals surface area contributed by atoms with Crippen LogP contribution in [-0.4, -0.2) is 17.7 Å². The van der Waals surface area contributed by atoms with E-state index in [2.05, 4.69) is 52.9 Å². The maximum Gasteiger partial charge on any atom is 0.0914 e.